The summed E-state index contributed by atoms with van der Waals surface area (Å²) in [6, 6.07) is 6.63. The average molecular weight is 547 g/mol. The van der Waals surface area contributed by atoms with Gasteiger partial charge >= 0.3 is 0 Å². The molecule has 0 bridgehead atoms. The molecule has 2 aliphatic rings. The molecule has 2 atom stereocenters. The highest BCUT2D eigenvalue weighted by atomic mass is 32.2. The molecule has 0 saturated heterocycles. The van der Waals surface area contributed by atoms with Crippen LogP contribution in [0, 0.1) is 5.92 Å². The number of aryl methyl sites for hydroxylation is 1. The Kier molecular flexibility index (Phi) is 6.49. The van der Waals surface area contributed by atoms with E-state index in [0.717, 1.165) is 16.1 Å². The zero-order chi connectivity index (χ0) is 27.4. The number of fused-ring (bicyclic) bond motifs is 1. The third-order valence-corrected chi connectivity index (χ3v) is 7.79. The number of anilines is 3. The number of benzene rings is 1. The maximum atomic E-state index is 13.5. The number of hydrogen-bond acceptors (Lipinski definition) is 7. The van der Waals surface area contributed by atoms with Gasteiger partial charge in [-0.2, -0.15) is 5.10 Å². The predicted molar refractivity (Wildman–Crippen MR) is 138 cm³/mol. The van der Waals surface area contributed by atoms with Crippen LogP contribution in [0.2, 0.25) is 0 Å². The van der Waals surface area contributed by atoms with Crippen LogP contribution in [-0.2, 0) is 34.7 Å². The number of carbonyl (C=O) groups is 1. The second-order valence-electron chi connectivity index (χ2n) is 9.53. The summed E-state index contributed by atoms with van der Waals surface area (Å²) in [7, 11) is -0.507. The number of Topliss-reactive ketones (excluding diaryl/α,β-unsaturated/α-hetero) is 1. The Hall–Kier alpha value is -3.74. The summed E-state index contributed by atoms with van der Waals surface area (Å²) >= 11 is 0. The van der Waals surface area contributed by atoms with Crippen LogP contribution in [0.4, 0.5) is 35.9 Å². The third-order valence-electron chi connectivity index (χ3n) is 6.60. The van der Waals surface area contributed by atoms with Crippen LogP contribution in [0.5, 0.6) is 0 Å². The van der Waals surface area contributed by atoms with E-state index in [0.29, 0.717) is 28.3 Å². The number of halogens is 3. The molecule has 38 heavy (non-hydrogen) atoms. The van der Waals surface area contributed by atoms with Crippen LogP contribution >= 0.6 is 0 Å². The zero-order valence-electron chi connectivity index (χ0n) is 20.8. The standard InChI is InChI=1S/C25H25F3N6O3S/c1-33-12-14(11-29-33)13-4-5-18(22(6-13)34(2)38(3,36)37)31-19-7-15(8-23(35)16-9-17(16)26)30-20-10-21(25(27)28)32-24(19)20/h4-7,11-12,16-17,25H,8-10H2,1-3H3,(H,30,31)/t16-,17+/m0/s1. The van der Waals surface area contributed by atoms with E-state index >= 15 is 0 Å². The number of aromatic nitrogens is 3. The number of aliphatic imine (C=N–C) groups is 1. The maximum Gasteiger partial charge on any atom is 0.277 e. The highest BCUT2D eigenvalue weighted by molar-refractivity contribution is 7.92. The van der Waals surface area contributed by atoms with Gasteiger partial charge in [-0.1, -0.05) is 6.07 Å². The van der Waals surface area contributed by atoms with Crippen molar-refractivity contribution < 1.29 is 26.4 Å². The number of pyridine rings is 1. The van der Waals surface area contributed by atoms with Crippen molar-refractivity contribution in [3.63, 3.8) is 0 Å². The van der Waals surface area contributed by atoms with Crippen molar-refractivity contribution in [3.8, 4) is 11.1 Å². The molecular weight excluding hydrogens is 521 g/mol. The Balaban J connectivity index is 1.57. The van der Waals surface area contributed by atoms with Gasteiger partial charge in [-0.05, 0) is 30.2 Å². The molecule has 0 spiro atoms. The summed E-state index contributed by atoms with van der Waals surface area (Å²) in [6.45, 7) is 0. The SMILES string of the molecule is CN(c1cc(-c2cnn(C)c2)ccc1Nc1cc(CC(=O)[C@H]2C[C@H]2F)nc2c1N=C(C(F)F)C2)S(C)(=O)=O. The predicted octanol–water partition coefficient (Wildman–Crippen LogP) is 3.98. The molecule has 1 saturated carbocycles. The van der Waals surface area contributed by atoms with E-state index in [1.165, 1.54) is 13.1 Å². The molecule has 3 heterocycles. The molecule has 9 nitrogen and oxygen atoms in total. The van der Waals surface area contributed by atoms with Crippen LogP contribution in [0.1, 0.15) is 17.8 Å². The van der Waals surface area contributed by atoms with E-state index in [1.54, 1.807) is 42.3 Å². The molecule has 3 aromatic rings. The molecule has 0 radical (unpaired) electrons. The minimum atomic E-state index is -3.67. The van der Waals surface area contributed by atoms with Crippen molar-refractivity contribution in [1.82, 2.24) is 14.8 Å². The fourth-order valence-corrected chi connectivity index (χ4v) is 4.85. The largest absolute Gasteiger partial charge is 0.352 e. The number of hydrogen-bond donors (Lipinski definition) is 1. The number of sulfonamides is 1. The first-order valence-corrected chi connectivity index (χ1v) is 13.6. The summed E-state index contributed by atoms with van der Waals surface area (Å²) in [4.78, 5) is 20.9. The molecular formula is C25H25F3N6O3S. The molecule has 0 unspecified atom stereocenters. The van der Waals surface area contributed by atoms with Gasteiger partial charge in [0.05, 0.1) is 52.5 Å². The van der Waals surface area contributed by atoms with Gasteiger partial charge in [0.2, 0.25) is 10.0 Å². The molecule has 1 aliphatic carbocycles. The van der Waals surface area contributed by atoms with E-state index in [4.69, 9.17) is 0 Å². The molecule has 1 aliphatic heterocycles. The first kappa shape index (κ1) is 25.9. The second kappa shape index (κ2) is 9.53. The van der Waals surface area contributed by atoms with Crippen LogP contribution in [0.25, 0.3) is 11.1 Å². The van der Waals surface area contributed by atoms with Crippen molar-refractivity contribution in [2.45, 2.75) is 31.9 Å². The van der Waals surface area contributed by atoms with E-state index in [9.17, 15) is 26.4 Å². The van der Waals surface area contributed by atoms with E-state index < -0.39 is 28.5 Å². The molecule has 13 heteroatoms. The van der Waals surface area contributed by atoms with Crippen LogP contribution in [0.3, 0.4) is 0 Å². The first-order valence-electron chi connectivity index (χ1n) is 11.8. The highest BCUT2D eigenvalue weighted by Crippen LogP contribution is 2.41. The van der Waals surface area contributed by atoms with Gasteiger partial charge in [0.15, 0.2) is 0 Å². The number of rotatable bonds is 9. The van der Waals surface area contributed by atoms with Gasteiger partial charge in [-0.3, -0.25) is 18.8 Å². The number of ketones is 1. The van der Waals surface area contributed by atoms with Crippen molar-refractivity contribution in [3.05, 3.63) is 48.0 Å². The third kappa shape index (κ3) is 5.15. The minimum absolute atomic E-state index is 0.146. The van der Waals surface area contributed by atoms with Crippen LogP contribution < -0.4 is 9.62 Å². The Morgan fingerprint density at radius 3 is 2.58 bits per heavy atom. The van der Waals surface area contributed by atoms with E-state index in [1.807, 2.05) is 0 Å². The maximum absolute atomic E-state index is 13.5. The molecule has 1 fully saturated rings. The lowest BCUT2D eigenvalue weighted by molar-refractivity contribution is -0.120. The first-order chi connectivity index (χ1) is 17.9. The van der Waals surface area contributed by atoms with Gasteiger partial charge < -0.3 is 5.32 Å². The molecule has 1 aromatic carbocycles. The highest BCUT2D eigenvalue weighted by Gasteiger charge is 2.43. The molecule has 200 valence electrons. The summed E-state index contributed by atoms with van der Waals surface area (Å²) < 4.78 is 68.0. The van der Waals surface area contributed by atoms with E-state index in [2.05, 4.69) is 20.4 Å². The van der Waals surface area contributed by atoms with Crippen LogP contribution in [0.15, 0.2) is 41.7 Å². The Morgan fingerprint density at radius 1 is 1.24 bits per heavy atom. The quantitative estimate of drug-likeness (QED) is 0.435. The smallest absolute Gasteiger partial charge is 0.277 e. The van der Waals surface area contributed by atoms with Gasteiger partial charge in [0.1, 0.15) is 17.6 Å². The summed E-state index contributed by atoms with van der Waals surface area (Å²) in [5, 5.41) is 7.29. The van der Waals surface area contributed by atoms with Gasteiger partial charge in [0, 0.05) is 38.7 Å². The second-order valence-corrected chi connectivity index (χ2v) is 11.5. The summed E-state index contributed by atoms with van der Waals surface area (Å²) in [5.74, 6) is -0.966. The molecule has 1 N–H and O–H groups in total. The van der Waals surface area contributed by atoms with Crippen molar-refractivity contribution >= 4 is 44.3 Å². The Bertz CT molecular complexity index is 1570. The molecule has 0 amide bonds. The average Bonchev–Trinajstić information content (AvgIpc) is 3.21. The topological polar surface area (TPSA) is 110 Å². The number of alkyl halides is 3. The lowest BCUT2D eigenvalue weighted by Crippen LogP contribution is -2.25. The van der Waals surface area contributed by atoms with Gasteiger partial charge in [-0.15, -0.1) is 0 Å². The van der Waals surface area contributed by atoms with Gasteiger partial charge in [0.25, 0.3) is 6.43 Å². The fourth-order valence-electron chi connectivity index (χ4n) is 4.34. The van der Waals surface area contributed by atoms with E-state index in [-0.39, 0.29) is 42.1 Å². The number of nitrogens with zero attached hydrogens (tertiary/aromatic N) is 5. The monoisotopic (exact) mass is 546 g/mol. The zero-order valence-corrected chi connectivity index (χ0v) is 21.6. The number of nitrogens with one attached hydrogen (secondary N) is 1. The minimum Gasteiger partial charge on any atom is -0.352 e. The van der Waals surface area contributed by atoms with Crippen molar-refractivity contribution in [2.24, 2.45) is 18.0 Å². The Morgan fingerprint density at radius 2 is 1.97 bits per heavy atom. The van der Waals surface area contributed by atoms with Crippen LogP contribution in [-0.4, -0.2) is 60.6 Å². The summed E-state index contributed by atoms with van der Waals surface area (Å²) in [5.41, 5.74) is 2.83. The number of carbonyl (C=O) groups excluding carboxylic acids is 1. The summed E-state index contributed by atoms with van der Waals surface area (Å²) in [6.07, 6.45) is 0.404. The lowest BCUT2D eigenvalue weighted by atomic mass is 10.1. The molecule has 5 rings (SSSR count). The fraction of sp³-hybridized carbons (Fsp3) is 0.360. The van der Waals surface area contributed by atoms with Crippen molar-refractivity contribution in [1.29, 1.82) is 0 Å². The lowest BCUT2D eigenvalue weighted by Gasteiger charge is -2.22. The Labute approximate surface area is 217 Å². The van der Waals surface area contributed by atoms with Crippen molar-refractivity contribution in [2.75, 3.05) is 22.9 Å². The normalized spacial score (nSPS) is 18.3. The van der Waals surface area contributed by atoms with Gasteiger partial charge in [-0.25, -0.2) is 26.6 Å². The molecule has 2 aromatic heterocycles.